The minimum atomic E-state index is -0.376. The van der Waals surface area contributed by atoms with Gasteiger partial charge in [-0.3, -0.25) is 4.79 Å². The second kappa shape index (κ2) is 2.35. The van der Waals surface area contributed by atoms with Gasteiger partial charge in [-0.25, -0.2) is 4.39 Å². The number of ketones is 1. The number of hydrogen-bond acceptors (Lipinski definition) is 2. The highest BCUT2D eigenvalue weighted by Gasteiger charge is 2.53. The Morgan fingerprint density at radius 2 is 2.14 bits per heavy atom. The van der Waals surface area contributed by atoms with Gasteiger partial charge >= 0.3 is 0 Å². The smallest absolute Gasteiger partial charge is 0.176 e. The molecule has 0 saturated heterocycles. The second-order valence-corrected chi connectivity index (χ2v) is 4.04. The Balaban J connectivity index is 2.13. The second-order valence-electron chi connectivity index (χ2n) is 4.04. The average Bonchev–Trinajstić information content (AvgIpc) is 2.94. The number of carbonyl (C=O) groups is 1. The average molecular weight is 192 g/mol. The van der Waals surface area contributed by atoms with E-state index in [1.807, 2.05) is 0 Å². The van der Waals surface area contributed by atoms with E-state index >= 15 is 0 Å². The molecule has 3 heteroatoms. The Hall–Kier alpha value is -1.38. The van der Waals surface area contributed by atoms with Crippen LogP contribution in [0.25, 0.3) is 0 Å². The number of ether oxygens (including phenoxy) is 1. The van der Waals surface area contributed by atoms with Crippen molar-refractivity contribution in [3.05, 3.63) is 29.6 Å². The van der Waals surface area contributed by atoms with Gasteiger partial charge in [-0.15, -0.1) is 0 Å². The molecule has 1 fully saturated rings. The molecule has 2 aliphatic rings. The van der Waals surface area contributed by atoms with Gasteiger partial charge in [-0.2, -0.15) is 0 Å². The summed E-state index contributed by atoms with van der Waals surface area (Å²) >= 11 is 0. The van der Waals surface area contributed by atoms with Gasteiger partial charge in [0.25, 0.3) is 0 Å². The molecule has 1 heterocycles. The maximum absolute atomic E-state index is 12.9. The normalized spacial score (nSPS) is 21.6. The number of rotatable bonds is 0. The van der Waals surface area contributed by atoms with Gasteiger partial charge < -0.3 is 4.74 Å². The number of fused-ring (bicyclic) bond motifs is 1. The number of Topliss-reactive ketones (excluding diaryl/α,β-unsaturated/α-hetero) is 1. The zero-order valence-electron chi connectivity index (χ0n) is 7.55. The van der Waals surface area contributed by atoms with Gasteiger partial charge in [0.15, 0.2) is 5.78 Å². The molecule has 0 aromatic heterocycles. The zero-order valence-corrected chi connectivity index (χ0v) is 7.55. The summed E-state index contributed by atoms with van der Waals surface area (Å²) in [6, 6.07) is 4.12. The standard InChI is InChI=1S/C11H9FO2/c12-7-1-2-9-8(5-7)10(13)11(3-4-11)6-14-9/h1-2,5H,3-4,6H2. The van der Waals surface area contributed by atoms with Gasteiger partial charge in [-0.05, 0) is 31.0 Å². The molecule has 2 nitrogen and oxygen atoms in total. The fourth-order valence-electron chi connectivity index (χ4n) is 1.89. The molecular formula is C11H9FO2. The summed E-state index contributed by atoms with van der Waals surface area (Å²) in [7, 11) is 0. The number of carbonyl (C=O) groups excluding carboxylic acids is 1. The summed E-state index contributed by atoms with van der Waals surface area (Å²) in [4.78, 5) is 11.9. The van der Waals surface area contributed by atoms with Crippen LogP contribution in [-0.4, -0.2) is 12.4 Å². The van der Waals surface area contributed by atoms with Crippen LogP contribution in [0, 0.1) is 11.2 Å². The maximum atomic E-state index is 12.9. The van der Waals surface area contributed by atoms with E-state index in [9.17, 15) is 9.18 Å². The van der Waals surface area contributed by atoms with Crippen molar-refractivity contribution >= 4 is 5.78 Å². The monoisotopic (exact) mass is 192 g/mol. The van der Waals surface area contributed by atoms with Crippen LogP contribution in [0.1, 0.15) is 23.2 Å². The molecule has 72 valence electrons. The summed E-state index contributed by atoms with van der Waals surface area (Å²) in [6.45, 7) is 0.463. The predicted octanol–water partition coefficient (Wildman–Crippen LogP) is 2.18. The highest BCUT2D eigenvalue weighted by Crippen LogP contribution is 2.52. The molecule has 1 aromatic rings. The van der Waals surface area contributed by atoms with E-state index in [1.54, 1.807) is 0 Å². The summed E-state index contributed by atoms with van der Waals surface area (Å²) < 4.78 is 18.4. The van der Waals surface area contributed by atoms with Crippen LogP contribution >= 0.6 is 0 Å². The van der Waals surface area contributed by atoms with Crippen LogP contribution in [-0.2, 0) is 0 Å². The van der Waals surface area contributed by atoms with E-state index < -0.39 is 0 Å². The van der Waals surface area contributed by atoms with Crippen molar-refractivity contribution in [3.63, 3.8) is 0 Å². The topological polar surface area (TPSA) is 26.3 Å². The van der Waals surface area contributed by atoms with Crippen LogP contribution in [0.4, 0.5) is 4.39 Å². The van der Waals surface area contributed by atoms with Gasteiger partial charge in [0, 0.05) is 0 Å². The van der Waals surface area contributed by atoms with E-state index in [4.69, 9.17) is 4.74 Å². The lowest BCUT2D eigenvalue weighted by Crippen LogP contribution is -2.29. The molecule has 1 aromatic carbocycles. The van der Waals surface area contributed by atoms with E-state index in [0.29, 0.717) is 17.9 Å². The molecule has 1 saturated carbocycles. The molecule has 0 unspecified atom stereocenters. The minimum Gasteiger partial charge on any atom is -0.492 e. The highest BCUT2D eigenvalue weighted by atomic mass is 19.1. The first-order chi connectivity index (χ1) is 6.71. The Kier molecular flexibility index (Phi) is 1.34. The van der Waals surface area contributed by atoms with Crippen molar-refractivity contribution in [2.24, 2.45) is 5.41 Å². The van der Waals surface area contributed by atoms with Crippen molar-refractivity contribution < 1.29 is 13.9 Å². The summed E-state index contributed by atoms with van der Waals surface area (Å²) in [5.41, 5.74) is 0.106. The third-order valence-electron chi connectivity index (χ3n) is 3.03. The third-order valence-corrected chi connectivity index (χ3v) is 3.03. The fourth-order valence-corrected chi connectivity index (χ4v) is 1.89. The molecule has 14 heavy (non-hydrogen) atoms. The highest BCUT2D eigenvalue weighted by molar-refractivity contribution is 6.05. The van der Waals surface area contributed by atoms with Crippen LogP contribution in [0.3, 0.4) is 0 Å². The number of hydrogen-bond donors (Lipinski definition) is 0. The molecule has 3 rings (SSSR count). The van der Waals surface area contributed by atoms with E-state index in [-0.39, 0.29) is 17.0 Å². The first-order valence-electron chi connectivity index (χ1n) is 4.68. The van der Waals surface area contributed by atoms with Gasteiger partial charge in [0.1, 0.15) is 18.2 Å². The molecular weight excluding hydrogens is 183 g/mol. The number of benzene rings is 1. The van der Waals surface area contributed by atoms with Gasteiger partial charge in [0.05, 0.1) is 11.0 Å². The fraction of sp³-hybridized carbons (Fsp3) is 0.364. The third kappa shape index (κ3) is 0.924. The van der Waals surface area contributed by atoms with Gasteiger partial charge in [0.2, 0.25) is 0 Å². The lowest BCUT2D eigenvalue weighted by molar-refractivity contribution is 0.0797. The maximum Gasteiger partial charge on any atom is 0.176 e. The molecule has 0 amide bonds. The van der Waals surface area contributed by atoms with Crippen molar-refractivity contribution in [1.29, 1.82) is 0 Å². The van der Waals surface area contributed by atoms with Crippen molar-refractivity contribution in [2.45, 2.75) is 12.8 Å². The molecule has 0 N–H and O–H groups in total. The Bertz CT molecular complexity index is 421. The van der Waals surface area contributed by atoms with Crippen LogP contribution in [0.15, 0.2) is 18.2 Å². The van der Waals surface area contributed by atoms with E-state index in [0.717, 1.165) is 12.8 Å². The Morgan fingerprint density at radius 3 is 2.86 bits per heavy atom. The first-order valence-corrected chi connectivity index (χ1v) is 4.68. The quantitative estimate of drug-likeness (QED) is 0.629. The zero-order chi connectivity index (χ0) is 9.76. The molecule has 1 spiro atoms. The Labute approximate surface area is 80.7 Å². The molecule has 0 radical (unpaired) electrons. The summed E-state index contributed by atoms with van der Waals surface area (Å²) in [5, 5.41) is 0. The molecule has 1 aliphatic heterocycles. The van der Waals surface area contributed by atoms with Crippen molar-refractivity contribution in [3.8, 4) is 5.75 Å². The predicted molar refractivity (Wildman–Crippen MR) is 47.9 cm³/mol. The van der Waals surface area contributed by atoms with E-state index in [1.165, 1.54) is 18.2 Å². The number of halogens is 1. The Morgan fingerprint density at radius 1 is 1.36 bits per heavy atom. The minimum absolute atomic E-state index is 0.0539. The largest absolute Gasteiger partial charge is 0.492 e. The van der Waals surface area contributed by atoms with Crippen LogP contribution in [0.5, 0.6) is 5.75 Å². The summed E-state index contributed by atoms with van der Waals surface area (Å²) in [5.74, 6) is 0.200. The van der Waals surface area contributed by atoms with Crippen molar-refractivity contribution in [1.82, 2.24) is 0 Å². The summed E-state index contributed by atoms with van der Waals surface area (Å²) in [6.07, 6.45) is 1.75. The van der Waals surface area contributed by atoms with Crippen LogP contribution in [0.2, 0.25) is 0 Å². The van der Waals surface area contributed by atoms with E-state index in [2.05, 4.69) is 0 Å². The lowest BCUT2D eigenvalue weighted by Gasteiger charge is -2.23. The van der Waals surface area contributed by atoms with Gasteiger partial charge in [-0.1, -0.05) is 0 Å². The van der Waals surface area contributed by atoms with Crippen molar-refractivity contribution in [2.75, 3.05) is 6.61 Å². The first kappa shape index (κ1) is 7.97. The molecule has 0 bridgehead atoms. The van der Waals surface area contributed by atoms with Crippen LogP contribution < -0.4 is 4.74 Å². The SMILES string of the molecule is O=C1c2cc(F)ccc2OCC12CC2. The molecule has 1 aliphatic carbocycles. The lowest BCUT2D eigenvalue weighted by atomic mass is 9.92. The molecule has 0 atom stereocenters.